The van der Waals surface area contributed by atoms with Crippen LogP contribution in [0.15, 0.2) is 103 Å². The Bertz CT molecular complexity index is 2950. The zero-order chi connectivity index (χ0) is 39.4. The molecule has 0 unspecified atom stereocenters. The Kier molecular flexibility index (Phi) is 7.26. The fourth-order valence-electron chi connectivity index (χ4n) is 9.59. The van der Waals surface area contributed by atoms with Gasteiger partial charge in [-0.1, -0.05) is 138 Å². The summed E-state index contributed by atoms with van der Waals surface area (Å²) in [5.41, 5.74) is 17.5. The molecule has 56 heavy (non-hydrogen) atoms. The SMILES string of the molecule is CC(C)(C)c1ccc(N2B3c4cc(C(C)(C)C)ccc4-n4c5ccc(C(C)(C)C)cc5c5c6c(sc7ccccc76)c(c3c54)-c3cc(C(C)(C)C)ccc32)cc1. The van der Waals surface area contributed by atoms with Crippen molar-refractivity contribution in [2.75, 3.05) is 4.81 Å². The van der Waals surface area contributed by atoms with E-state index >= 15 is 0 Å². The van der Waals surface area contributed by atoms with Crippen molar-refractivity contribution in [1.29, 1.82) is 0 Å². The van der Waals surface area contributed by atoms with Gasteiger partial charge in [0, 0.05) is 59.1 Å². The van der Waals surface area contributed by atoms with E-state index in [-0.39, 0.29) is 28.5 Å². The summed E-state index contributed by atoms with van der Waals surface area (Å²) < 4.78 is 5.41. The summed E-state index contributed by atoms with van der Waals surface area (Å²) in [6, 6.07) is 40.7. The molecular weight excluding hydrogens is 695 g/mol. The molecule has 4 heterocycles. The predicted octanol–water partition coefficient (Wildman–Crippen LogP) is 13.6. The zero-order valence-electron chi connectivity index (χ0n) is 35.2. The maximum Gasteiger partial charge on any atom is 0.333 e. The van der Waals surface area contributed by atoms with Gasteiger partial charge in [0.15, 0.2) is 0 Å². The third-order valence-electron chi connectivity index (χ3n) is 12.8. The van der Waals surface area contributed by atoms with Crippen LogP contribution in [0.3, 0.4) is 0 Å². The van der Waals surface area contributed by atoms with Gasteiger partial charge in [0.2, 0.25) is 0 Å². The molecule has 2 aromatic heterocycles. The number of fused-ring (bicyclic) bond motifs is 13. The molecule has 0 fully saturated rings. The Morgan fingerprint density at radius 3 is 1.75 bits per heavy atom. The van der Waals surface area contributed by atoms with E-state index in [1.54, 1.807) is 0 Å². The average Bonchev–Trinajstić information content (AvgIpc) is 3.68. The summed E-state index contributed by atoms with van der Waals surface area (Å²) in [6.07, 6.45) is 0. The highest BCUT2D eigenvalue weighted by molar-refractivity contribution is 7.27. The number of aromatic nitrogens is 1. The minimum atomic E-state index is -0.0215. The minimum absolute atomic E-state index is 0.00184. The van der Waals surface area contributed by atoms with Gasteiger partial charge in [-0.25, -0.2) is 0 Å². The lowest BCUT2D eigenvalue weighted by Gasteiger charge is -2.43. The van der Waals surface area contributed by atoms with Crippen LogP contribution in [-0.4, -0.2) is 11.4 Å². The molecule has 10 rings (SSSR count). The van der Waals surface area contributed by atoms with Gasteiger partial charge in [0.05, 0.1) is 11.0 Å². The van der Waals surface area contributed by atoms with Gasteiger partial charge < -0.3 is 9.38 Å². The van der Waals surface area contributed by atoms with Crippen LogP contribution in [0.1, 0.15) is 105 Å². The quantitative estimate of drug-likeness (QED) is 0.152. The molecule has 0 atom stereocenters. The largest absolute Gasteiger partial charge is 0.376 e. The number of anilines is 2. The molecule has 0 aliphatic carbocycles. The van der Waals surface area contributed by atoms with E-state index in [1.807, 2.05) is 11.3 Å². The minimum Gasteiger partial charge on any atom is -0.376 e. The van der Waals surface area contributed by atoms with Gasteiger partial charge in [-0.2, -0.15) is 0 Å². The molecule has 0 saturated heterocycles. The lowest BCUT2D eigenvalue weighted by Crippen LogP contribution is -2.60. The van der Waals surface area contributed by atoms with Crippen molar-refractivity contribution in [3.05, 3.63) is 125 Å². The van der Waals surface area contributed by atoms with Crippen molar-refractivity contribution in [2.24, 2.45) is 0 Å². The Balaban J connectivity index is 1.46. The highest BCUT2D eigenvalue weighted by Gasteiger charge is 2.46. The molecule has 8 aromatic rings. The Hall–Kier alpha value is -4.80. The van der Waals surface area contributed by atoms with E-state index in [0.717, 1.165) is 0 Å². The number of rotatable bonds is 1. The van der Waals surface area contributed by atoms with Crippen LogP contribution < -0.4 is 15.7 Å². The maximum absolute atomic E-state index is 2.70. The number of hydrogen-bond donors (Lipinski definition) is 0. The van der Waals surface area contributed by atoms with Crippen LogP contribution in [0, 0.1) is 0 Å². The van der Waals surface area contributed by atoms with Crippen LogP contribution in [0.4, 0.5) is 11.4 Å². The van der Waals surface area contributed by atoms with Crippen LogP contribution in [0.5, 0.6) is 0 Å². The molecule has 0 bridgehead atoms. The molecule has 0 N–H and O–H groups in total. The van der Waals surface area contributed by atoms with Gasteiger partial charge in [-0.3, -0.25) is 0 Å². The van der Waals surface area contributed by atoms with Crippen molar-refractivity contribution >= 4 is 82.5 Å². The molecule has 0 radical (unpaired) electrons. The monoisotopic (exact) mass is 748 g/mol. The van der Waals surface area contributed by atoms with E-state index in [9.17, 15) is 0 Å². The number of thiophene rings is 1. The fourth-order valence-corrected chi connectivity index (χ4v) is 10.9. The molecule has 280 valence electrons. The number of hydrogen-bond acceptors (Lipinski definition) is 2. The van der Waals surface area contributed by atoms with Crippen molar-refractivity contribution in [3.63, 3.8) is 0 Å². The van der Waals surface area contributed by atoms with Crippen molar-refractivity contribution in [3.8, 4) is 16.8 Å². The summed E-state index contributed by atoms with van der Waals surface area (Å²) in [6.45, 7) is 28.0. The van der Waals surface area contributed by atoms with Crippen molar-refractivity contribution in [2.45, 2.75) is 105 Å². The van der Waals surface area contributed by atoms with Gasteiger partial charge in [0.1, 0.15) is 0 Å². The summed E-state index contributed by atoms with van der Waals surface area (Å²) in [4.78, 5) is 2.70. The van der Waals surface area contributed by atoms with Crippen molar-refractivity contribution < 1.29 is 0 Å². The first-order chi connectivity index (χ1) is 26.3. The van der Waals surface area contributed by atoms with Crippen LogP contribution in [-0.2, 0) is 21.7 Å². The average molecular weight is 749 g/mol. The second-order valence-corrected chi connectivity index (χ2v) is 21.8. The molecule has 2 aliphatic heterocycles. The normalized spacial score (nSPS) is 14.4. The van der Waals surface area contributed by atoms with E-state index < -0.39 is 0 Å². The Labute approximate surface area is 337 Å². The highest BCUT2D eigenvalue weighted by Crippen LogP contribution is 2.53. The molecule has 2 aliphatic rings. The van der Waals surface area contributed by atoms with Crippen LogP contribution in [0.2, 0.25) is 0 Å². The third kappa shape index (κ3) is 5.00. The van der Waals surface area contributed by atoms with Crippen LogP contribution >= 0.6 is 11.3 Å². The lowest BCUT2D eigenvalue weighted by molar-refractivity contribution is 0.590. The molecule has 0 amide bonds. The highest BCUT2D eigenvalue weighted by atomic mass is 32.1. The smallest absolute Gasteiger partial charge is 0.333 e. The van der Waals surface area contributed by atoms with Gasteiger partial charge in [-0.05, 0) is 103 Å². The van der Waals surface area contributed by atoms with E-state index in [0.29, 0.717) is 0 Å². The van der Waals surface area contributed by atoms with E-state index in [2.05, 4.69) is 196 Å². The molecule has 6 aromatic carbocycles. The molecule has 4 heteroatoms. The first kappa shape index (κ1) is 35.6. The van der Waals surface area contributed by atoms with E-state index in [1.165, 1.54) is 103 Å². The third-order valence-corrected chi connectivity index (χ3v) is 14.0. The van der Waals surface area contributed by atoms with Gasteiger partial charge in [0.25, 0.3) is 0 Å². The second-order valence-electron chi connectivity index (χ2n) is 20.7. The topological polar surface area (TPSA) is 8.17 Å². The maximum atomic E-state index is 2.70. The van der Waals surface area contributed by atoms with Gasteiger partial charge >= 0.3 is 6.85 Å². The first-order valence-corrected chi connectivity index (χ1v) is 21.3. The predicted molar refractivity (Wildman–Crippen MR) is 248 cm³/mol. The van der Waals surface area contributed by atoms with Crippen LogP contribution in [0.25, 0.3) is 58.8 Å². The molecule has 0 spiro atoms. The molecule has 0 saturated carbocycles. The summed E-state index contributed by atoms with van der Waals surface area (Å²) in [7, 11) is 0. The first-order valence-electron chi connectivity index (χ1n) is 20.5. The summed E-state index contributed by atoms with van der Waals surface area (Å²) >= 11 is 1.98. The lowest BCUT2D eigenvalue weighted by atomic mass is 9.43. The van der Waals surface area contributed by atoms with Gasteiger partial charge in [-0.15, -0.1) is 11.3 Å². The summed E-state index contributed by atoms with van der Waals surface area (Å²) in [5.74, 6) is 0. The Morgan fingerprint density at radius 1 is 0.518 bits per heavy atom. The van der Waals surface area contributed by atoms with Crippen molar-refractivity contribution in [1.82, 2.24) is 4.57 Å². The standard InChI is InChI=1S/C52H53BN2S/c1-49(2,3)30-17-22-34(23-18-30)55-40-25-20-32(51(7,8)9)28-37(40)45-46-47-43(44-35-15-13-14-16-42(35)56-48(44)45)36-27-31(50(4,5)6)19-24-39(36)54(47)41-26-21-33(52(10,11)12)29-38(41)53(46)55/h13-29H,1-12H3. The van der Waals surface area contributed by atoms with E-state index in [4.69, 9.17) is 0 Å². The second kappa shape index (κ2) is 11.4. The fraction of sp³-hybridized carbons (Fsp3) is 0.308. The number of nitrogens with zero attached hydrogens (tertiary/aromatic N) is 2. The zero-order valence-corrected chi connectivity index (χ0v) is 36.0. The summed E-state index contributed by atoms with van der Waals surface area (Å²) in [5, 5.41) is 5.50. The molecule has 2 nitrogen and oxygen atoms in total. The number of benzene rings is 6. The Morgan fingerprint density at radius 2 is 1.09 bits per heavy atom. The molecular formula is C52H53BN2S.